The Hall–Kier alpha value is -3.58. The van der Waals surface area contributed by atoms with E-state index in [-0.39, 0.29) is 0 Å². The number of hydrogen-bond acceptors (Lipinski definition) is 4. The molecule has 0 atom stereocenters. The summed E-state index contributed by atoms with van der Waals surface area (Å²) in [4.78, 5) is 19.7. The molecular weight excluding hydrogens is 400 g/mol. The van der Waals surface area contributed by atoms with E-state index >= 15 is 0 Å². The molecule has 5 nitrogen and oxygen atoms in total. The Kier molecular flexibility index (Phi) is 5.05. The van der Waals surface area contributed by atoms with Crippen molar-refractivity contribution in [3.63, 3.8) is 0 Å². The lowest BCUT2D eigenvalue weighted by Crippen LogP contribution is -2.16. The average molecular weight is 412 g/mol. The van der Waals surface area contributed by atoms with E-state index < -0.39 is 23.1 Å². The third kappa shape index (κ3) is 3.86. The van der Waals surface area contributed by atoms with E-state index in [0.717, 1.165) is 29.1 Å². The van der Waals surface area contributed by atoms with E-state index in [0.29, 0.717) is 16.6 Å². The molecule has 144 valence electrons. The smallest absolute Gasteiger partial charge is 0.261 e. The number of amides is 1. The molecule has 1 N–H and O–H groups in total. The summed E-state index contributed by atoms with van der Waals surface area (Å²) >= 11 is 6.32. The van der Waals surface area contributed by atoms with E-state index in [1.54, 1.807) is 42.6 Å². The minimum absolute atomic E-state index is 0.370. The summed E-state index contributed by atoms with van der Waals surface area (Å²) in [7, 11) is 0. The minimum Gasteiger partial charge on any atom is -0.445 e. The number of nitrogens with zero attached hydrogens (tertiary/aromatic N) is 2. The zero-order valence-corrected chi connectivity index (χ0v) is 15.5. The number of oxazole rings is 1. The Morgan fingerprint density at radius 1 is 1.00 bits per heavy atom. The second-order valence-corrected chi connectivity index (χ2v) is 6.45. The van der Waals surface area contributed by atoms with E-state index in [4.69, 9.17) is 16.0 Å². The summed E-state index contributed by atoms with van der Waals surface area (Å²) in [5.41, 5.74) is 1.96. The Bertz CT molecular complexity index is 1160. The van der Waals surface area contributed by atoms with Crippen molar-refractivity contribution in [2.45, 2.75) is 0 Å². The van der Waals surface area contributed by atoms with Gasteiger partial charge in [0.25, 0.3) is 5.91 Å². The maximum absolute atomic E-state index is 13.7. The average Bonchev–Trinajstić information content (AvgIpc) is 3.24. The van der Waals surface area contributed by atoms with E-state index in [2.05, 4.69) is 15.3 Å². The van der Waals surface area contributed by atoms with Gasteiger partial charge in [-0.1, -0.05) is 23.7 Å². The first-order valence-corrected chi connectivity index (χ1v) is 8.81. The van der Waals surface area contributed by atoms with Crippen molar-refractivity contribution in [3.8, 4) is 22.6 Å². The summed E-state index contributed by atoms with van der Waals surface area (Å²) < 4.78 is 32.7. The van der Waals surface area contributed by atoms with Gasteiger partial charge in [0.05, 0.1) is 18.6 Å². The van der Waals surface area contributed by atoms with Crippen molar-refractivity contribution < 1.29 is 18.0 Å². The van der Waals surface area contributed by atoms with E-state index in [9.17, 15) is 13.6 Å². The predicted molar refractivity (Wildman–Crippen MR) is 104 cm³/mol. The first-order valence-electron chi connectivity index (χ1n) is 8.43. The number of hydrogen-bond donors (Lipinski definition) is 1. The van der Waals surface area contributed by atoms with Gasteiger partial charge in [-0.15, -0.1) is 0 Å². The Balaban J connectivity index is 1.59. The van der Waals surface area contributed by atoms with Gasteiger partial charge >= 0.3 is 0 Å². The maximum atomic E-state index is 13.7. The summed E-state index contributed by atoms with van der Waals surface area (Å²) in [5.74, 6) is -2.50. The molecule has 2 aromatic carbocycles. The number of carbonyl (C=O) groups is 1. The Morgan fingerprint density at radius 2 is 1.69 bits per heavy atom. The highest BCUT2D eigenvalue weighted by Crippen LogP contribution is 2.32. The van der Waals surface area contributed by atoms with Gasteiger partial charge in [0, 0.05) is 21.8 Å². The van der Waals surface area contributed by atoms with Gasteiger partial charge in [-0.05, 0) is 35.9 Å². The number of anilines is 1. The lowest BCUT2D eigenvalue weighted by Gasteiger charge is -2.09. The molecule has 4 aromatic rings. The molecule has 0 saturated heterocycles. The molecule has 8 heteroatoms. The fourth-order valence-electron chi connectivity index (χ4n) is 2.80. The number of pyridine rings is 1. The standard InChI is InChI=1S/C21H12ClF2N3O2/c22-16-6-3-13(21-26-7-8-29-21)9-15(16)12-1-4-14(5-2-12)27-20(28)19-17(23)10-25-11-18(19)24/h1-11H,(H,27,28). The molecule has 0 bridgehead atoms. The summed E-state index contributed by atoms with van der Waals surface area (Å²) in [6, 6.07) is 12.1. The van der Waals surface area contributed by atoms with Crippen LogP contribution in [0, 0.1) is 11.6 Å². The highest BCUT2D eigenvalue weighted by atomic mass is 35.5. The molecule has 4 rings (SSSR count). The number of benzene rings is 2. The van der Waals surface area contributed by atoms with Gasteiger partial charge in [-0.25, -0.2) is 13.8 Å². The van der Waals surface area contributed by atoms with Crippen LogP contribution >= 0.6 is 11.6 Å². The number of halogens is 3. The molecule has 1 amide bonds. The second-order valence-electron chi connectivity index (χ2n) is 6.04. The summed E-state index contributed by atoms with van der Waals surface area (Å²) in [5, 5.41) is 2.99. The van der Waals surface area contributed by atoms with Gasteiger partial charge in [0.2, 0.25) is 5.89 Å². The summed E-state index contributed by atoms with van der Waals surface area (Å²) in [6.45, 7) is 0. The summed E-state index contributed by atoms with van der Waals surface area (Å²) in [6.07, 6.45) is 4.60. The molecule has 0 radical (unpaired) electrons. The van der Waals surface area contributed by atoms with Gasteiger partial charge in [-0.3, -0.25) is 9.78 Å². The molecule has 2 aromatic heterocycles. The van der Waals surface area contributed by atoms with Gasteiger partial charge in [0.15, 0.2) is 11.6 Å². The first kappa shape index (κ1) is 18.8. The monoisotopic (exact) mass is 411 g/mol. The molecule has 0 aliphatic rings. The van der Waals surface area contributed by atoms with Crippen LogP contribution in [-0.4, -0.2) is 15.9 Å². The van der Waals surface area contributed by atoms with Crippen LogP contribution in [0.15, 0.2) is 71.7 Å². The number of nitrogens with one attached hydrogen (secondary N) is 1. The van der Waals surface area contributed by atoms with Crippen LogP contribution in [0.1, 0.15) is 10.4 Å². The lowest BCUT2D eigenvalue weighted by atomic mass is 10.0. The number of rotatable bonds is 4. The Labute approximate surface area is 169 Å². The lowest BCUT2D eigenvalue weighted by molar-refractivity contribution is 0.101. The molecule has 0 saturated carbocycles. The number of carbonyl (C=O) groups excluding carboxylic acids is 1. The third-order valence-electron chi connectivity index (χ3n) is 4.18. The molecule has 0 fully saturated rings. The normalized spacial score (nSPS) is 10.7. The maximum Gasteiger partial charge on any atom is 0.261 e. The zero-order valence-electron chi connectivity index (χ0n) is 14.7. The third-order valence-corrected chi connectivity index (χ3v) is 4.51. The van der Waals surface area contributed by atoms with Crippen LogP contribution < -0.4 is 5.32 Å². The van der Waals surface area contributed by atoms with Crippen LogP contribution in [0.2, 0.25) is 5.02 Å². The first-order chi connectivity index (χ1) is 14.0. The van der Waals surface area contributed by atoms with Crippen molar-refractivity contribution in [2.24, 2.45) is 0 Å². The molecule has 0 aliphatic carbocycles. The fraction of sp³-hybridized carbons (Fsp3) is 0. The van der Waals surface area contributed by atoms with E-state index in [1.165, 1.54) is 6.26 Å². The topological polar surface area (TPSA) is 68.0 Å². The van der Waals surface area contributed by atoms with Crippen molar-refractivity contribution in [2.75, 3.05) is 5.32 Å². The van der Waals surface area contributed by atoms with Crippen molar-refractivity contribution in [1.29, 1.82) is 0 Å². The van der Waals surface area contributed by atoms with Gasteiger partial charge in [-0.2, -0.15) is 0 Å². The Morgan fingerprint density at radius 3 is 2.34 bits per heavy atom. The highest BCUT2D eigenvalue weighted by molar-refractivity contribution is 6.33. The molecule has 2 heterocycles. The number of aromatic nitrogens is 2. The molecular formula is C21H12ClF2N3O2. The SMILES string of the molecule is O=C(Nc1ccc(-c2cc(-c3ncco3)ccc2Cl)cc1)c1c(F)cncc1F. The van der Waals surface area contributed by atoms with Crippen molar-refractivity contribution in [3.05, 3.63) is 89.5 Å². The van der Waals surface area contributed by atoms with Crippen LogP contribution in [0.4, 0.5) is 14.5 Å². The molecule has 0 spiro atoms. The van der Waals surface area contributed by atoms with Crippen LogP contribution in [-0.2, 0) is 0 Å². The quantitative estimate of drug-likeness (QED) is 0.475. The predicted octanol–water partition coefficient (Wildman–Crippen LogP) is 5.59. The molecule has 0 aliphatic heterocycles. The minimum atomic E-state index is -1.03. The largest absolute Gasteiger partial charge is 0.445 e. The van der Waals surface area contributed by atoms with E-state index in [1.807, 2.05) is 6.07 Å². The van der Waals surface area contributed by atoms with Crippen molar-refractivity contribution >= 4 is 23.2 Å². The van der Waals surface area contributed by atoms with Crippen LogP contribution in [0.25, 0.3) is 22.6 Å². The second kappa shape index (κ2) is 7.81. The molecule has 0 unspecified atom stereocenters. The highest BCUT2D eigenvalue weighted by Gasteiger charge is 2.18. The van der Waals surface area contributed by atoms with Gasteiger partial charge in [0.1, 0.15) is 11.8 Å². The zero-order chi connectivity index (χ0) is 20.4. The van der Waals surface area contributed by atoms with Gasteiger partial charge < -0.3 is 9.73 Å². The van der Waals surface area contributed by atoms with Crippen LogP contribution in [0.3, 0.4) is 0 Å². The molecule has 29 heavy (non-hydrogen) atoms. The van der Waals surface area contributed by atoms with Crippen molar-refractivity contribution in [1.82, 2.24) is 9.97 Å². The fourth-order valence-corrected chi connectivity index (χ4v) is 3.03. The van der Waals surface area contributed by atoms with Crippen LogP contribution in [0.5, 0.6) is 0 Å².